The topological polar surface area (TPSA) is 77.8 Å². The molecule has 0 unspecified atom stereocenters. The van der Waals surface area contributed by atoms with E-state index in [0.29, 0.717) is 6.42 Å². The molecule has 2 N–H and O–H groups in total. The molecule has 82 valence electrons. The van der Waals surface area contributed by atoms with Crippen molar-refractivity contribution in [3.63, 3.8) is 0 Å². The minimum atomic E-state index is -1.01. The van der Waals surface area contributed by atoms with Crippen LogP contribution < -0.4 is 0 Å². The average Bonchev–Trinajstić information content (AvgIpc) is 2.01. The van der Waals surface area contributed by atoms with E-state index >= 15 is 0 Å². The summed E-state index contributed by atoms with van der Waals surface area (Å²) in [5, 5.41) is 17.2. The Kier molecular flexibility index (Phi) is 9.16. The van der Waals surface area contributed by atoms with E-state index < -0.39 is 17.5 Å². The van der Waals surface area contributed by atoms with E-state index in [2.05, 4.69) is 0 Å². The van der Waals surface area contributed by atoms with Crippen molar-refractivity contribution in [1.29, 1.82) is 0 Å². The standard InChI is InChI=1S/C9H17NO4.Ba/c1-4-9(2,3)10(5-7(11)12)6-8(13)14;/h4-6H2,1-3H3,(H,11,12)(H,13,14);/q;+2. The molecule has 0 saturated heterocycles. The first kappa shape index (κ1) is 17.9. The van der Waals surface area contributed by atoms with E-state index in [-0.39, 0.29) is 62.0 Å². The second kappa shape index (κ2) is 7.70. The van der Waals surface area contributed by atoms with Crippen LogP contribution in [0.4, 0.5) is 0 Å². The Morgan fingerprint density at radius 1 is 1.13 bits per heavy atom. The molecule has 0 saturated carbocycles. The Bertz CT molecular complexity index is 214. The molecule has 0 spiro atoms. The van der Waals surface area contributed by atoms with Gasteiger partial charge in [0.05, 0.1) is 13.1 Å². The van der Waals surface area contributed by atoms with E-state index in [4.69, 9.17) is 10.2 Å². The maximum absolute atomic E-state index is 10.5. The van der Waals surface area contributed by atoms with Gasteiger partial charge in [0.2, 0.25) is 0 Å². The van der Waals surface area contributed by atoms with Crippen molar-refractivity contribution in [3.05, 3.63) is 0 Å². The average molecular weight is 341 g/mol. The molecule has 0 aliphatic carbocycles. The molecule has 15 heavy (non-hydrogen) atoms. The van der Waals surface area contributed by atoms with Crippen LogP contribution in [0.5, 0.6) is 0 Å². The Balaban J connectivity index is 0. The largest absolute Gasteiger partial charge is 2.00 e. The molecule has 0 radical (unpaired) electrons. The quantitative estimate of drug-likeness (QED) is 0.679. The van der Waals surface area contributed by atoms with Crippen LogP contribution in [-0.4, -0.2) is 94.6 Å². The van der Waals surface area contributed by atoms with Crippen LogP contribution in [0.3, 0.4) is 0 Å². The summed E-state index contributed by atoms with van der Waals surface area (Å²) in [7, 11) is 0. The molecule has 0 atom stereocenters. The van der Waals surface area contributed by atoms with E-state index in [9.17, 15) is 9.59 Å². The number of carbonyl (C=O) groups is 2. The van der Waals surface area contributed by atoms with Crippen LogP contribution >= 0.6 is 0 Å². The zero-order valence-corrected chi connectivity index (χ0v) is 13.9. The van der Waals surface area contributed by atoms with Crippen molar-refractivity contribution in [2.24, 2.45) is 0 Å². The normalized spacial score (nSPS) is 10.9. The van der Waals surface area contributed by atoms with Gasteiger partial charge in [0.1, 0.15) is 0 Å². The first-order valence-electron chi connectivity index (χ1n) is 4.48. The van der Waals surface area contributed by atoms with Gasteiger partial charge in [-0.25, -0.2) is 0 Å². The molecule has 0 aliphatic heterocycles. The minimum absolute atomic E-state index is 0. The fraction of sp³-hybridized carbons (Fsp3) is 0.778. The molecule has 6 heteroatoms. The van der Waals surface area contributed by atoms with Crippen LogP contribution in [0, 0.1) is 0 Å². The summed E-state index contributed by atoms with van der Waals surface area (Å²) in [6.07, 6.45) is 0.702. The molecule has 0 fully saturated rings. The molecular formula is C9H17BaNO4+2. The van der Waals surface area contributed by atoms with Gasteiger partial charge in [-0.05, 0) is 20.3 Å². The van der Waals surface area contributed by atoms with Crippen molar-refractivity contribution < 1.29 is 19.8 Å². The zero-order chi connectivity index (χ0) is 11.4. The van der Waals surface area contributed by atoms with Crippen molar-refractivity contribution >= 4 is 60.8 Å². The monoisotopic (exact) mass is 341 g/mol. The second-order valence-corrected chi connectivity index (χ2v) is 3.81. The Morgan fingerprint density at radius 3 is 1.67 bits per heavy atom. The minimum Gasteiger partial charge on any atom is -0.480 e. The van der Waals surface area contributed by atoms with Crippen LogP contribution in [0.1, 0.15) is 27.2 Å². The molecule has 0 aliphatic rings. The van der Waals surface area contributed by atoms with Gasteiger partial charge >= 0.3 is 60.8 Å². The second-order valence-electron chi connectivity index (χ2n) is 3.81. The van der Waals surface area contributed by atoms with Crippen LogP contribution in [0.25, 0.3) is 0 Å². The van der Waals surface area contributed by atoms with Gasteiger partial charge in [-0.3, -0.25) is 14.5 Å². The van der Waals surface area contributed by atoms with Gasteiger partial charge in [0.25, 0.3) is 0 Å². The van der Waals surface area contributed by atoms with Gasteiger partial charge in [0.15, 0.2) is 0 Å². The van der Waals surface area contributed by atoms with Gasteiger partial charge < -0.3 is 10.2 Å². The molecule has 5 nitrogen and oxygen atoms in total. The molecule has 0 amide bonds. The summed E-state index contributed by atoms with van der Waals surface area (Å²) in [5.74, 6) is -2.01. The summed E-state index contributed by atoms with van der Waals surface area (Å²) < 4.78 is 0. The predicted molar refractivity (Wildman–Crippen MR) is 57.0 cm³/mol. The van der Waals surface area contributed by atoms with E-state index in [1.807, 2.05) is 20.8 Å². The molecule has 0 aromatic heterocycles. The van der Waals surface area contributed by atoms with Crippen LogP contribution in [0.2, 0.25) is 0 Å². The van der Waals surface area contributed by atoms with Crippen molar-refractivity contribution in [2.45, 2.75) is 32.7 Å². The van der Waals surface area contributed by atoms with Crippen molar-refractivity contribution in [3.8, 4) is 0 Å². The zero-order valence-electron chi connectivity index (χ0n) is 9.49. The number of hydrogen-bond acceptors (Lipinski definition) is 3. The third kappa shape index (κ3) is 7.37. The van der Waals surface area contributed by atoms with Crippen molar-refractivity contribution in [2.75, 3.05) is 13.1 Å². The van der Waals surface area contributed by atoms with Gasteiger partial charge in [-0.15, -0.1) is 0 Å². The number of carboxylic acids is 2. The molecule has 0 rings (SSSR count). The van der Waals surface area contributed by atoms with Crippen molar-refractivity contribution in [1.82, 2.24) is 4.90 Å². The number of carboxylic acid groups (broad SMARTS) is 2. The number of nitrogens with zero attached hydrogens (tertiary/aromatic N) is 1. The Morgan fingerprint density at radius 2 is 1.47 bits per heavy atom. The van der Waals surface area contributed by atoms with E-state index in [1.165, 1.54) is 4.90 Å². The maximum atomic E-state index is 10.5. The summed E-state index contributed by atoms with van der Waals surface area (Å²) in [6, 6.07) is 0. The molecular weight excluding hydrogens is 323 g/mol. The molecule has 0 heterocycles. The fourth-order valence-electron chi connectivity index (χ4n) is 1.03. The number of hydrogen-bond donors (Lipinski definition) is 2. The third-order valence-electron chi connectivity index (χ3n) is 2.37. The summed E-state index contributed by atoms with van der Waals surface area (Å²) >= 11 is 0. The Hall–Kier alpha value is 0.471. The first-order valence-corrected chi connectivity index (χ1v) is 4.48. The Labute approximate surface area is 130 Å². The number of aliphatic carboxylic acids is 2. The van der Waals surface area contributed by atoms with E-state index in [1.54, 1.807) is 0 Å². The fourth-order valence-corrected chi connectivity index (χ4v) is 1.03. The first-order chi connectivity index (χ1) is 6.29. The van der Waals surface area contributed by atoms with E-state index in [0.717, 1.165) is 0 Å². The third-order valence-corrected chi connectivity index (χ3v) is 2.37. The van der Waals surface area contributed by atoms with Gasteiger partial charge in [-0.2, -0.15) is 0 Å². The van der Waals surface area contributed by atoms with Gasteiger partial charge in [-0.1, -0.05) is 6.92 Å². The van der Waals surface area contributed by atoms with Crippen LogP contribution in [0.15, 0.2) is 0 Å². The SMILES string of the molecule is CCC(C)(C)N(CC(=O)O)CC(=O)O.[Ba+2]. The predicted octanol–water partition coefficient (Wildman–Crippen LogP) is 0.265. The van der Waals surface area contributed by atoms with Crippen LogP contribution in [-0.2, 0) is 9.59 Å². The molecule has 0 aromatic carbocycles. The summed E-state index contributed by atoms with van der Waals surface area (Å²) in [5.41, 5.74) is -0.406. The number of rotatable bonds is 6. The maximum Gasteiger partial charge on any atom is 2.00 e. The smallest absolute Gasteiger partial charge is 0.480 e. The summed E-state index contributed by atoms with van der Waals surface area (Å²) in [4.78, 5) is 22.5. The summed E-state index contributed by atoms with van der Waals surface area (Å²) in [6.45, 7) is 5.08. The molecule has 0 bridgehead atoms. The van der Waals surface area contributed by atoms with Gasteiger partial charge in [0, 0.05) is 5.54 Å². The molecule has 0 aromatic rings.